The van der Waals surface area contributed by atoms with Gasteiger partial charge in [0.05, 0.1) is 6.10 Å². The molecule has 0 heterocycles. The third kappa shape index (κ3) is 5.75. The summed E-state index contributed by atoms with van der Waals surface area (Å²) in [5.74, 6) is 9.15. The monoisotopic (exact) mass is 362 g/mol. The van der Waals surface area contributed by atoms with E-state index in [-0.39, 0.29) is 12.7 Å². The molecule has 0 fully saturated rings. The van der Waals surface area contributed by atoms with Crippen LogP contribution in [-0.4, -0.2) is 6.61 Å². The van der Waals surface area contributed by atoms with E-state index in [0.717, 1.165) is 22.3 Å². The molecular formula is C27H22O. The molecule has 0 radical (unpaired) electrons. The van der Waals surface area contributed by atoms with Crippen LogP contribution in [0.4, 0.5) is 0 Å². The van der Waals surface area contributed by atoms with Crippen LogP contribution < -0.4 is 0 Å². The highest BCUT2D eigenvalue weighted by Gasteiger charge is 2.10. The van der Waals surface area contributed by atoms with E-state index in [1.165, 1.54) is 0 Å². The number of allylic oxidation sites excluding steroid dienone is 1. The molecule has 0 bridgehead atoms. The number of rotatable bonds is 6. The van der Waals surface area contributed by atoms with Crippen molar-refractivity contribution in [2.75, 3.05) is 6.61 Å². The van der Waals surface area contributed by atoms with Crippen molar-refractivity contribution in [3.05, 3.63) is 114 Å². The van der Waals surface area contributed by atoms with Gasteiger partial charge in [-0.15, -0.1) is 6.42 Å². The van der Waals surface area contributed by atoms with E-state index < -0.39 is 0 Å². The van der Waals surface area contributed by atoms with Crippen LogP contribution in [0.1, 0.15) is 29.2 Å². The van der Waals surface area contributed by atoms with Crippen molar-refractivity contribution in [1.29, 1.82) is 0 Å². The molecule has 1 heteroatoms. The molecule has 0 saturated heterocycles. The summed E-state index contributed by atoms with van der Waals surface area (Å²) in [4.78, 5) is 0. The highest BCUT2D eigenvalue weighted by Crippen LogP contribution is 2.24. The Kier molecular flexibility index (Phi) is 7.28. The van der Waals surface area contributed by atoms with Crippen molar-refractivity contribution in [1.82, 2.24) is 0 Å². The maximum Gasteiger partial charge on any atom is 0.108 e. The van der Waals surface area contributed by atoms with Crippen LogP contribution in [-0.2, 0) is 4.74 Å². The normalized spacial score (nSPS) is 11.8. The summed E-state index contributed by atoms with van der Waals surface area (Å²) in [6.07, 6.45) is 8.13. The van der Waals surface area contributed by atoms with Gasteiger partial charge in [-0.25, -0.2) is 0 Å². The zero-order valence-electron chi connectivity index (χ0n) is 15.7. The van der Waals surface area contributed by atoms with Gasteiger partial charge in [0.2, 0.25) is 0 Å². The number of benzene rings is 3. The van der Waals surface area contributed by atoms with Gasteiger partial charge < -0.3 is 4.74 Å². The van der Waals surface area contributed by atoms with Gasteiger partial charge in [0.25, 0.3) is 0 Å². The van der Waals surface area contributed by atoms with E-state index in [4.69, 9.17) is 11.2 Å². The minimum atomic E-state index is -0.102. The lowest BCUT2D eigenvalue weighted by molar-refractivity contribution is 0.0804. The van der Waals surface area contributed by atoms with Crippen LogP contribution in [0.15, 0.2) is 97.1 Å². The molecule has 0 spiro atoms. The number of terminal acetylenes is 1. The van der Waals surface area contributed by atoms with Crippen molar-refractivity contribution >= 4 is 5.57 Å². The Balaban J connectivity index is 1.89. The molecule has 1 unspecified atom stereocenters. The first kappa shape index (κ1) is 19.2. The van der Waals surface area contributed by atoms with Crippen molar-refractivity contribution in [3.63, 3.8) is 0 Å². The summed E-state index contributed by atoms with van der Waals surface area (Å²) >= 11 is 0. The Morgan fingerprint density at radius 2 is 1.46 bits per heavy atom. The van der Waals surface area contributed by atoms with Gasteiger partial charge in [-0.05, 0) is 29.7 Å². The second-order valence-electron chi connectivity index (χ2n) is 6.25. The third-order valence-electron chi connectivity index (χ3n) is 4.28. The summed E-state index contributed by atoms with van der Waals surface area (Å²) in [5, 5.41) is 0. The minimum Gasteiger partial charge on any atom is -0.361 e. The van der Waals surface area contributed by atoms with Gasteiger partial charge in [0.15, 0.2) is 0 Å². The molecule has 1 nitrogen and oxygen atoms in total. The molecule has 0 aliphatic carbocycles. The topological polar surface area (TPSA) is 9.23 Å². The Hall–Kier alpha value is -3.52. The smallest absolute Gasteiger partial charge is 0.108 e. The molecule has 136 valence electrons. The average Bonchev–Trinajstić information content (AvgIpc) is 2.77. The van der Waals surface area contributed by atoms with Crippen LogP contribution in [0, 0.1) is 24.2 Å². The second-order valence-corrected chi connectivity index (χ2v) is 6.25. The predicted molar refractivity (Wildman–Crippen MR) is 116 cm³/mol. The number of hydrogen-bond acceptors (Lipinski definition) is 1. The van der Waals surface area contributed by atoms with E-state index in [1.807, 2.05) is 66.7 Å². The Morgan fingerprint density at radius 1 is 0.857 bits per heavy atom. The molecule has 0 aliphatic rings. The molecule has 3 rings (SSSR count). The SMILES string of the molecule is C#CCOC(C/C=C(\C#Cc1ccccc1)c1ccccc1)c1ccccc1. The second kappa shape index (κ2) is 10.6. The lowest BCUT2D eigenvalue weighted by Gasteiger charge is -2.15. The molecule has 3 aromatic rings. The fraction of sp³-hybridized carbons (Fsp3) is 0.111. The van der Waals surface area contributed by atoms with E-state index in [2.05, 4.69) is 48.1 Å². The fourth-order valence-electron chi connectivity index (χ4n) is 2.86. The van der Waals surface area contributed by atoms with Gasteiger partial charge in [-0.2, -0.15) is 0 Å². The van der Waals surface area contributed by atoms with Gasteiger partial charge >= 0.3 is 0 Å². The third-order valence-corrected chi connectivity index (χ3v) is 4.28. The quantitative estimate of drug-likeness (QED) is 0.496. The van der Waals surface area contributed by atoms with Crippen LogP contribution in [0.3, 0.4) is 0 Å². The summed E-state index contributed by atoms with van der Waals surface area (Å²) in [6, 6.07) is 30.4. The first-order chi connectivity index (χ1) is 13.9. The Labute approximate surface area is 167 Å². The summed E-state index contributed by atoms with van der Waals surface area (Å²) in [6.45, 7) is 0.282. The molecule has 0 aromatic heterocycles. The molecule has 1 atom stereocenters. The Morgan fingerprint density at radius 3 is 2.11 bits per heavy atom. The molecule has 0 amide bonds. The zero-order chi connectivity index (χ0) is 19.4. The van der Waals surface area contributed by atoms with Crippen molar-refractivity contribution in [3.8, 4) is 24.2 Å². The maximum absolute atomic E-state index is 5.90. The van der Waals surface area contributed by atoms with Crippen molar-refractivity contribution in [2.24, 2.45) is 0 Å². The average molecular weight is 362 g/mol. The van der Waals surface area contributed by atoms with E-state index in [0.29, 0.717) is 6.42 Å². The summed E-state index contributed by atoms with van der Waals surface area (Å²) < 4.78 is 5.90. The zero-order valence-corrected chi connectivity index (χ0v) is 15.7. The molecule has 0 aliphatic heterocycles. The molecule has 3 aromatic carbocycles. The molecular weight excluding hydrogens is 340 g/mol. The van der Waals surface area contributed by atoms with Crippen LogP contribution in [0.25, 0.3) is 5.57 Å². The maximum atomic E-state index is 5.90. The lowest BCUT2D eigenvalue weighted by atomic mass is 10.0. The van der Waals surface area contributed by atoms with Gasteiger partial charge in [0, 0.05) is 11.1 Å². The van der Waals surface area contributed by atoms with E-state index >= 15 is 0 Å². The lowest BCUT2D eigenvalue weighted by Crippen LogP contribution is -2.04. The first-order valence-electron chi connectivity index (χ1n) is 9.29. The van der Waals surface area contributed by atoms with Crippen molar-refractivity contribution < 1.29 is 4.74 Å². The summed E-state index contributed by atoms with van der Waals surface area (Å²) in [5.41, 5.74) is 4.18. The highest BCUT2D eigenvalue weighted by atomic mass is 16.5. The van der Waals surface area contributed by atoms with E-state index in [9.17, 15) is 0 Å². The standard InChI is InChI=1S/C27H22O/c1-2-22-28-27(26-16-10-5-11-17-26)21-20-25(24-14-8-4-9-15-24)19-18-23-12-6-3-7-13-23/h1,3-17,20,27H,21-22H2/b25-20+. The predicted octanol–water partition coefficient (Wildman–Crippen LogP) is 5.90. The molecule has 28 heavy (non-hydrogen) atoms. The van der Waals surface area contributed by atoms with E-state index in [1.54, 1.807) is 0 Å². The Bertz CT molecular complexity index is 984. The summed E-state index contributed by atoms with van der Waals surface area (Å²) in [7, 11) is 0. The molecule has 0 saturated carbocycles. The largest absolute Gasteiger partial charge is 0.361 e. The number of ether oxygens (including phenoxy) is 1. The van der Waals surface area contributed by atoms with Crippen LogP contribution in [0.5, 0.6) is 0 Å². The van der Waals surface area contributed by atoms with Gasteiger partial charge in [0.1, 0.15) is 6.61 Å². The minimum absolute atomic E-state index is 0.102. The number of hydrogen-bond donors (Lipinski definition) is 0. The van der Waals surface area contributed by atoms with Gasteiger partial charge in [-0.1, -0.05) is 103 Å². The first-order valence-corrected chi connectivity index (χ1v) is 9.29. The van der Waals surface area contributed by atoms with Gasteiger partial charge in [-0.3, -0.25) is 0 Å². The van der Waals surface area contributed by atoms with Crippen LogP contribution in [0.2, 0.25) is 0 Å². The fourth-order valence-corrected chi connectivity index (χ4v) is 2.86. The highest BCUT2D eigenvalue weighted by molar-refractivity contribution is 5.79. The van der Waals surface area contributed by atoms with Crippen LogP contribution >= 0.6 is 0 Å². The molecule has 0 N–H and O–H groups in total. The van der Waals surface area contributed by atoms with Crippen molar-refractivity contribution in [2.45, 2.75) is 12.5 Å².